The Kier molecular flexibility index (Phi) is 5.77. The lowest BCUT2D eigenvalue weighted by Crippen LogP contribution is -2.28. The monoisotopic (exact) mass is 272 g/mol. The second-order valence-corrected chi connectivity index (χ2v) is 5.28. The Morgan fingerprint density at radius 2 is 2.17 bits per heavy atom. The first-order valence-corrected chi connectivity index (χ1v) is 7.39. The van der Waals surface area contributed by atoms with Crippen LogP contribution >= 0.6 is 0 Å². The van der Waals surface area contributed by atoms with E-state index in [1.54, 1.807) is 12.3 Å². The third-order valence-electron chi connectivity index (χ3n) is 2.29. The molecule has 1 unspecified atom stereocenters. The van der Waals surface area contributed by atoms with Gasteiger partial charge in [-0.3, -0.25) is 9.00 Å². The summed E-state index contributed by atoms with van der Waals surface area (Å²) >= 11 is 0. The zero-order valence-corrected chi connectivity index (χ0v) is 11.3. The van der Waals surface area contributed by atoms with Crippen LogP contribution in [-0.4, -0.2) is 35.2 Å². The van der Waals surface area contributed by atoms with Crippen molar-refractivity contribution in [2.45, 2.75) is 6.92 Å². The maximum absolute atomic E-state index is 13.6. The van der Waals surface area contributed by atoms with E-state index in [1.807, 2.05) is 6.92 Å². The van der Waals surface area contributed by atoms with E-state index in [1.165, 1.54) is 12.1 Å². The van der Waals surface area contributed by atoms with Gasteiger partial charge in [0.25, 0.3) is 5.91 Å². The highest BCUT2D eigenvalue weighted by molar-refractivity contribution is 7.84. The van der Waals surface area contributed by atoms with E-state index in [0.29, 0.717) is 18.8 Å². The average molecular weight is 272 g/mol. The molecule has 18 heavy (non-hydrogen) atoms. The standard InChI is InChI=1S/C12H17FN2O2S/c1-3-14-11-9(5-4-6-10(11)13)12(16)15-7-8-18(2)17/h4-6,14H,3,7-8H2,1-2H3,(H,15,16). The molecule has 1 rings (SSSR count). The fourth-order valence-electron chi connectivity index (χ4n) is 1.47. The highest BCUT2D eigenvalue weighted by atomic mass is 32.2. The van der Waals surface area contributed by atoms with Crippen LogP contribution in [-0.2, 0) is 10.8 Å². The van der Waals surface area contributed by atoms with Gasteiger partial charge in [0, 0.05) is 35.9 Å². The Bertz CT molecular complexity index is 452. The Hall–Kier alpha value is -1.43. The van der Waals surface area contributed by atoms with Gasteiger partial charge in [-0.1, -0.05) is 6.07 Å². The van der Waals surface area contributed by atoms with Crippen LogP contribution in [0.15, 0.2) is 18.2 Å². The number of hydrogen-bond acceptors (Lipinski definition) is 3. The number of rotatable bonds is 6. The minimum absolute atomic E-state index is 0.204. The lowest BCUT2D eigenvalue weighted by Gasteiger charge is -2.11. The Morgan fingerprint density at radius 3 is 2.78 bits per heavy atom. The molecule has 0 radical (unpaired) electrons. The number of nitrogens with one attached hydrogen (secondary N) is 2. The van der Waals surface area contributed by atoms with Gasteiger partial charge in [-0.2, -0.15) is 0 Å². The van der Waals surface area contributed by atoms with Crippen LogP contribution in [0.5, 0.6) is 0 Å². The number of benzene rings is 1. The van der Waals surface area contributed by atoms with Crippen molar-refractivity contribution < 1.29 is 13.4 Å². The van der Waals surface area contributed by atoms with Crippen molar-refractivity contribution in [3.63, 3.8) is 0 Å². The van der Waals surface area contributed by atoms with Crippen molar-refractivity contribution in [3.05, 3.63) is 29.6 Å². The first kappa shape index (κ1) is 14.6. The van der Waals surface area contributed by atoms with Crippen molar-refractivity contribution in [3.8, 4) is 0 Å². The summed E-state index contributed by atoms with van der Waals surface area (Å²) in [4.78, 5) is 11.9. The van der Waals surface area contributed by atoms with Gasteiger partial charge in [0.1, 0.15) is 5.82 Å². The summed E-state index contributed by atoms with van der Waals surface area (Å²) in [5, 5.41) is 5.45. The van der Waals surface area contributed by atoms with Crippen molar-refractivity contribution in [2.75, 3.05) is 30.4 Å². The molecule has 0 spiro atoms. The Labute approximate surface area is 108 Å². The van der Waals surface area contributed by atoms with Crippen LogP contribution in [0.3, 0.4) is 0 Å². The number of amides is 1. The lowest BCUT2D eigenvalue weighted by molar-refractivity contribution is 0.0956. The topological polar surface area (TPSA) is 58.2 Å². The predicted octanol–water partition coefficient (Wildman–Crippen LogP) is 1.37. The molecule has 0 aliphatic heterocycles. The molecule has 0 heterocycles. The number of para-hydroxylation sites is 1. The molecule has 0 aromatic heterocycles. The molecule has 0 bridgehead atoms. The first-order valence-electron chi connectivity index (χ1n) is 5.66. The summed E-state index contributed by atoms with van der Waals surface area (Å²) in [6.07, 6.45) is 1.57. The van der Waals surface area contributed by atoms with Crippen LogP contribution in [0.1, 0.15) is 17.3 Å². The van der Waals surface area contributed by atoms with Gasteiger partial charge >= 0.3 is 0 Å². The zero-order chi connectivity index (χ0) is 13.5. The van der Waals surface area contributed by atoms with Gasteiger partial charge in [-0.25, -0.2) is 4.39 Å². The molecular formula is C12H17FN2O2S. The number of anilines is 1. The highest BCUT2D eigenvalue weighted by Gasteiger charge is 2.14. The molecule has 1 aromatic rings. The van der Waals surface area contributed by atoms with Crippen LogP contribution in [0.25, 0.3) is 0 Å². The summed E-state index contributed by atoms with van der Waals surface area (Å²) in [5.74, 6) is -0.433. The fraction of sp³-hybridized carbons (Fsp3) is 0.417. The van der Waals surface area contributed by atoms with E-state index in [0.717, 1.165) is 0 Å². The van der Waals surface area contributed by atoms with Crippen molar-refractivity contribution >= 4 is 22.4 Å². The molecule has 1 amide bonds. The number of hydrogen-bond donors (Lipinski definition) is 2. The lowest BCUT2D eigenvalue weighted by atomic mass is 10.1. The van der Waals surface area contributed by atoms with E-state index in [2.05, 4.69) is 10.6 Å². The molecule has 4 nitrogen and oxygen atoms in total. The van der Waals surface area contributed by atoms with Crippen molar-refractivity contribution in [1.82, 2.24) is 5.32 Å². The summed E-state index contributed by atoms with van der Waals surface area (Å²) in [5.41, 5.74) is 0.467. The van der Waals surface area contributed by atoms with Gasteiger partial charge in [-0.15, -0.1) is 0 Å². The van der Waals surface area contributed by atoms with E-state index in [9.17, 15) is 13.4 Å². The third kappa shape index (κ3) is 4.10. The quantitative estimate of drug-likeness (QED) is 0.822. The van der Waals surface area contributed by atoms with Crippen LogP contribution in [0, 0.1) is 5.82 Å². The molecule has 0 aliphatic rings. The van der Waals surface area contributed by atoms with Gasteiger partial charge < -0.3 is 10.6 Å². The molecule has 100 valence electrons. The molecule has 1 aromatic carbocycles. The molecule has 0 fully saturated rings. The Balaban J connectivity index is 2.78. The van der Waals surface area contributed by atoms with Gasteiger partial charge in [-0.05, 0) is 19.1 Å². The highest BCUT2D eigenvalue weighted by Crippen LogP contribution is 2.19. The maximum atomic E-state index is 13.6. The molecular weight excluding hydrogens is 255 g/mol. The zero-order valence-electron chi connectivity index (χ0n) is 10.5. The van der Waals surface area contributed by atoms with E-state index < -0.39 is 16.6 Å². The summed E-state index contributed by atoms with van der Waals surface area (Å²) in [7, 11) is -0.956. The first-order chi connectivity index (χ1) is 8.56. The number of halogens is 1. The second kappa shape index (κ2) is 7.10. The molecule has 0 saturated heterocycles. The largest absolute Gasteiger partial charge is 0.382 e. The molecule has 0 saturated carbocycles. The minimum atomic E-state index is -0.956. The van der Waals surface area contributed by atoms with Crippen LogP contribution in [0.4, 0.5) is 10.1 Å². The van der Waals surface area contributed by atoms with Crippen molar-refractivity contribution in [1.29, 1.82) is 0 Å². The summed E-state index contributed by atoms with van der Waals surface area (Å²) in [6, 6.07) is 4.35. The predicted molar refractivity (Wildman–Crippen MR) is 71.8 cm³/mol. The molecule has 2 N–H and O–H groups in total. The minimum Gasteiger partial charge on any atom is -0.382 e. The van der Waals surface area contributed by atoms with E-state index in [4.69, 9.17) is 0 Å². The average Bonchev–Trinajstić information content (AvgIpc) is 2.31. The third-order valence-corrected chi connectivity index (χ3v) is 3.07. The molecule has 6 heteroatoms. The maximum Gasteiger partial charge on any atom is 0.253 e. The van der Waals surface area contributed by atoms with E-state index >= 15 is 0 Å². The van der Waals surface area contributed by atoms with E-state index in [-0.39, 0.29) is 17.2 Å². The fourth-order valence-corrected chi connectivity index (χ4v) is 1.86. The van der Waals surface area contributed by atoms with Gasteiger partial charge in [0.15, 0.2) is 0 Å². The summed E-state index contributed by atoms with van der Waals surface area (Å²) < 4.78 is 24.4. The van der Waals surface area contributed by atoms with Gasteiger partial charge in [0.05, 0.1) is 11.3 Å². The molecule has 1 atom stereocenters. The summed E-state index contributed by atoms with van der Waals surface area (Å²) in [6.45, 7) is 2.67. The van der Waals surface area contributed by atoms with Crippen LogP contribution < -0.4 is 10.6 Å². The normalized spacial score (nSPS) is 11.9. The van der Waals surface area contributed by atoms with Crippen molar-refractivity contribution in [2.24, 2.45) is 0 Å². The SMILES string of the molecule is CCNc1c(F)cccc1C(=O)NCCS(C)=O. The number of carbonyl (C=O) groups excluding carboxylic acids is 1. The number of carbonyl (C=O) groups is 1. The Morgan fingerprint density at radius 1 is 1.44 bits per heavy atom. The second-order valence-electron chi connectivity index (χ2n) is 3.73. The van der Waals surface area contributed by atoms with Gasteiger partial charge in [0.2, 0.25) is 0 Å². The smallest absolute Gasteiger partial charge is 0.253 e. The molecule has 0 aliphatic carbocycles. The van der Waals surface area contributed by atoms with Crippen LogP contribution in [0.2, 0.25) is 0 Å².